The number of aliphatic hydroxyl groups excluding tert-OH is 1. The Morgan fingerprint density at radius 1 is 0.305 bits per heavy atom. The quantitative estimate of drug-likeness (QED) is 0.0169. The molecule has 0 aromatic heterocycles. The standard InChI is InChI=1S/C86H164O17P2/c1-6-10-13-16-19-21-23-25-27-28-29-30-31-35-39-42-46-50-55-60-65-70-84(89)97-76-82(103-86(91)72-67-62-57-52-48-44-40-36-33-32-34-38-41-45-49-54-58-63-68-79(5)9-4)78-101-105(94,95)99-74-80(87)73-98-104(92,93)100-77-81(75-96-83(88)69-64-59-53-18-15-12-8-3)102-85(90)71-66-61-56-51-47-43-37-26-24-22-20-17-14-11-7-2/h22,24,26,37,79-82,87H,6-21,23,25,27-36,38-78H2,1-5H3,(H,92,93)(H,94,95)/b24-22-,37-26-/t79?,80-,81+,82+/m0/s1. The number of hydrogen-bond acceptors (Lipinski definition) is 15. The Bertz CT molecular complexity index is 2090. The van der Waals surface area contributed by atoms with Gasteiger partial charge in [0, 0.05) is 25.7 Å². The molecular weight excluding hydrogens is 1370 g/mol. The van der Waals surface area contributed by atoms with Crippen LogP contribution in [0.25, 0.3) is 0 Å². The molecule has 0 fully saturated rings. The topological polar surface area (TPSA) is 237 Å². The van der Waals surface area contributed by atoms with Crippen LogP contribution in [0, 0.1) is 5.92 Å². The van der Waals surface area contributed by atoms with Crippen molar-refractivity contribution >= 4 is 39.5 Å². The first-order valence-electron chi connectivity index (χ1n) is 44.0. The third-order valence-corrected chi connectivity index (χ3v) is 21.9. The summed E-state index contributed by atoms with van der Waals surface area (Å²) in [5.74, 6) is -1.27. The van der Waals surface area contributed by atoms with Crippen molar-refractivity contribution in [2.75, 3.05) is 39.6 Å². The largest absolute Gasteiger partial charge is 0.472 e. The van der Waals surface area contributed by atoms with Crippen molar-refractivity contribution in [2.24, 2.45) is 5.92 Å². The number of ether oxygens (including phenoxy) is 4. The van der Waals surface area contributed by atoms with Gasteiger partial charge in [0.1, 0.15) is 19.3 Å². The summed E-state index contributed by atoms with van der Waals surface area (Å²) in [5.41, 5.74) is 0. The van der Waals surface area contributed by atoms with Crippen molar-refractivity contribution in [3.63, 3.8) is 0 Å². The second-order valence-corrected chi connectivity index (χ2v) is 33.4. The molecule has 3 N–H and O–H groups in total. The van der Waals surface area contributed by atoms with Crippen LogP contribution < -0.4 is 0 Å². The summed E-state index contributed by atoms with van der Waals surface area (Å²) in [6, 6.07) is 0. The molecule has 0 saturated heterocycles. The Hall–Kier alpha value is -2.46. The Morgan fingerprint density at radius 2 is 0.533 bits per heavy atom. The number of carbonyl (C=O) groups is 4. The van der Waals surface area contributed by atoms with Crippen LogP contribution in [0.3, 0.4) is 0 Å². The van der Waals surface area contributed by atoms with E-state index in [-0.39, 0.29) is 25.7 Å². The van der Waals surface area contributed by atoms with Crippen molar-refractivity contribution in [3.05, 3.63) is 24.3 Å². The summed E-state index contributed by atoms with van der Waals surface area (Å²) in [6.07, 6.45) is 74.7. The molecule has 0 bridgehead atoms. The van der Waals surface area contributed by atoms with Crippen molar-refractivity contribution in [3.8, 4) is 0 Å². The Kier molecular flexibility index (Phi) is 76.4. The highest BCUT2D eigenvalue weighted by atomic mass is 31.2. The molecule has 105 heavy (non-hydrogen) atoms. The van der Waals surface area contributed by atoms with E-state index < -0.39 is 97.5 Å². The first-order chi connectivity index (χ1) is 51.1. The van der Waals surface area contributed by atoms with E-state index in [1.165, 1.54) is 238 Å². The summed E-state index contributed by atoms with van der Waals surface area (Å²) >= 11 is 0. The predicted octanol–water partition coefficient (Wildman–Crippen LogP) is 25.9. The van der Waals surface area contributed by atoms with Crippen LogP contribution in [0.1, 0.15) is 439 Å². The monoisotopic (exact) mass is 1530 g/mol. The van der Waals surface area contributed by atoms with Crippen LogP contribution in [0.5, 0.6) is 0 Å². The van der Waals surface area contributed by atoms with Gasteiger partial charge in [0.25, 0.3) is 0 Å². The number of allylic oxidation sites excluding steroid dienone is 4. The summed E-state index contributed by atoms with van der Waals surface area (Å²) in [6.45, 7) is 7.31. The molecule has 0 heterocycles. The minimum atomic E-state index is -4.97. The number of rotatable bonds is 84. The van der Waals surface area contributed by atoms with E-state index in [1.54, 1.807) is 0 Å². The van der Waals surface area contributed by atoms with E-state index in [1.807, 2.05) is 0 Å². The lowest BCUT2D eigenvalue weighted by Gasteiger charge is -2.21. The van der Waals surface area contributed by atoms with Gasteiger partial charge in [-0.3, -0.25) is 37.3 Å². The SMILES string of the molecule is CCCCCC/C=C\C=C/CCCCCCCC(=O)O[C@H](COC(=O)CCCCCCCCC)COP(=O)(O)OC[C@H](O)COP(=O)(O)OC[C@@H](COC(=O)CCCCCCCCCCCCCCCCCCCCCCC)OC(=O)CCCCCCCCCCCCCCCCCCCCC(C)CC. The summed E-state index contributed by atoms with van der Waals surface area (Å²) < 4.78 is 68.7. The third kappa shape index (κ3) is 78.0. The number of esters is 4. The van der Waals surface area contributed by atoms with Crippen LogP contribution in [-0.2, 0) is 65.4 Å². The second kappa shape index (κ2) is 78.2. The van der Waals surface area contributed by atoms with Crippen molar-refractivity contribution in [1.82, 2.24) is 0 Å². The highest BCUT2D eigenvalue weighted by molar-refractivity contribution is 7.47. The van der Waals surface area contributed by atoms with E-state index >= 15 is 0 Å². The predicted molar refractivity (Wildman–Crippen MR) is 432 cm³/mol. The van der Waals surface area contributed by atoms with Gasteiger partial charge in [-0.2, -0.15) is 0 Å². The van der Waals surface area contributed by atoms with E-state index in [4.69, 9.17) is 37.0 Å². The van der Waals surface area contributed by atoms with Crippen molar-refractivity contribution in [1.29, 1.82) is 0 Å². The molecule has 0 aliphatic rings. The molecule has 3 unspecified atom stereocenters. The van der Waals surface area contributed by atoms with E-state index in [0.29, 0.717) is 25.7 Å². The first kappa shape index (κ1) is 103. The normalized spacial score (nSPS) is 14.2. The summed E-state index contributed by atoms with van der Waals surface area (Å²) in [5, 5.41) is 10.6. The molecule has 0 amide bonds. The number of phosphoric ester groups is 2. The van der Waals surface area contributed by atoms with Crippen LogP contribution in [-0.4, -0.2) is 96.7 Å². The van der Waals surface area contributed by atoms with Gasteiger partial charge < -0.3 is 33.8 Å². The fourth-order valence-electron chi connectivity index (χ4n) is 12.9. The molecule has 0 aliphatic carbocycles. The Balaban J connectivity index is 5.18. The lowest BCUT2D eigenvalue weighted by atomic mass is 9.99. The minimum absolute atomic E-state index is 0.0851. The molecule has 19 heteroatoms. The lowest BCUT2D eigenvalue weighted by molar-refractivity contribution is -0.161. The average molecular weight is 1530 g/mol. The molecular formula is C86H164O17P2. The maximum absolute atomic E-state index is 13.1. The van der Waals surface area contributed by atoms with Crippen molar-refractivity contribution < 1.29 is 80.2 Å². The fraction of sp³-hybridized carbons (Fsp3) is 0.907. The number of phosphoric acid groups is 2. The molecule has 0 spiro atoms. The van der Waals surface area contributed by atoms with E-state index in [9.17, 15) is 43.2 Å². The molecule has 6 atom stereocenters. The zero-order valence-electron chi connectivity index (χ0n) is 68.4. The van der Waals surface area contributed by atoms with Gasteiger partial charge in [-0.1, -0.05) is 386 Å². The maximum atomic E-state index is 13.1. The maximum Gasteiger partial charge on any atom is 0.472 e. The number of carbonyl (C=O) groups excluding carboxylic acids is 4. The fourth-order valence-corrected chi connectivity index (χ4v) is 14.5. The molecule has 0 radical (unpaired) electrons. The Labute approximate surface area is 643 Å². The molecule has 0 aromatic carbocycles. The molecule has 0 saturated carbocycles. The highest BCUT2D eigenvalue weighted by Crippen LogP contribution is 2.45. The van der Waals surface area contributed by atoms with Gasteiger partial charge in [-0.25, -0.2) is 9.13 Å². The average Bonchev–Trinajstić information content (AvgIpc) is 0.933. The van der Waals surface area contributed by atoms with E-state index in [2.05, 4.69) is 58.9 Å². The Morgan fingerprint density at radius 3 is 0.810 bits per heavy atom. The van der Waals surface area contributed by atoms with Crippen LogP contribution >= 0.6 is 15.6 Å². The van der Waals surface area contributed by atoms with Gasteiger partial charge in [-0.15, -0.1) is 0 Å². The molecule has 620 valence electrons. The first-order valence-corrected chi connectivity index (χ1v) is 47.0. The molecule has 0 rings (SSSR count). The smallest absolute Gasteiger partial charge is 0.462 e. The van der Waals surface area contributed by atoms with Gasteiger partial charge in [0.15, 0.2) is 12.2 Å². The molecule has 0 aromatic rings. The zero-order chi connectivity index (χ0) is 76.9. The van der Waals surface area contributed by atoms with Crippen LogP contribution in [0.2, 0.25) is 0 Å². The summed E-state index contributed by atoms with van der Waals surface area (Å²) in [7, 11) is -9.93. The van der Waals surface area contributed by atoms with Crippen molar-refractivity contribution in [2.45, 2.75) is 457 Å². The minimum Gasteiger partial charge on any atom is -0.462 e. The second-order valence-electron chi connectivity index (χ2n) is 30.5. The van der Waals surface area contributed by atoms with Gasteiger partial charge >= 0.3 is 39.5 Å². The van der Waals surface area contributed by atoms with E-state index in [0.717, 1.165) is 121 Å². The third-order valence-electron chi connectivity index (χ3n) is 20.0. The number of hydrogen-bond donors (Lipinski definition) is 3. The number of unbranched alkanes of at least 4 members (excludes halogenated alkanes) is 52. The number of aliphatic hydroxyl groups is 1. The lowest BCUT2D eigenvalue weighted by Crippen LogP contribution is -2.30. The zero-order valence-corrected chi connectivity index (χ0v) is 70.1. The summed E-state index contributed by atoms with van der Waals surface area (Å²) in [4.78, 5) is 73.0. The van der Waals surface area contributed by atoms with Gasteiger partial charge in [-0.05, 0) is 57.3 Å². The molecule has 17 nitrogen and oxygen atoms in total. The van der Waals surface area contributed by atoms with Gasteiger partial charge in [0.05, 0.1) is 26.4 Å². The van der Waals surface area contributed by atoms with Crippen LogP contribution in [0.15, 0.2) is 24.3 Å². The van der Waals surface area contributed by atoms with Crippen LogP contribution in [0.4, 0.5) is 0 Å². The highest BCUT2D eigenvalue weighted by Gasteiger charge is 2.30. The molecule has 0 aliphatic heterocycles. The van der Waals surface area contributed by atoms with Gasteiger partial charge in [0.2, 0.25) is 0 Å².